The zero-order valence-electron chi connectivity index (χ0n) is 51.5. The number of carbonyl (C=O) groups is 2. The quantitative estimate of drug-likeness (QED) is 0.0374. The van der Waals surface area contributed by atoms with E-state index in [0.29, 0.717) is 12.8 Å². The predicted octanol–water partition coefficient (Wildman–Crippen LogP) is 4.47. The van der Waals surface area contributed by atoms with Gasteiger partial charge in [-0.1, -0.05) is 219 Å². The van der Waals surface area contributed by atoms with E-state index in [1.165, 1.54) is 135 Å². The van der Waals surface area contributed by atoms with Gasteiger partial charge in [0.25, 0.3) is 0 Å². The van der Waals surface area contributed by atoms with Gasteiger partial charge in [0, 0.05) is 6.92 Å². The van der Waals surface area contributed by atoms with E-state index in [2.05, 4.69) is 24.5 Å². The molecule has 2 amide bonds. The Balaban J connectivity index is 1.68. The first kappa shape index (κ1) is 76.5. The van der Waals surface area contributed by atoms with Gasteiger partial charge in [0.15, 0.2) is 18.9 Å². The van der Waals surface area contributed by atoms with Crippen LogP contribution in [0.5, 0.6) is 0 Å². The Morgan fingerprint density at radius 3 is 1.24 bits per heavy atom. The molecule has 0 aromatic carbocycles. The molecule has 3 heterocycles. The SMILES string of the molecule is CCCCCCCCCCCCCCCCCCCCCCCC[C@@H](O)C(=O)N[C@@H](CO[C@H]1O[C@H](CO)[C@H](O)[C@H](O[C@H]2O[C@H](CO)[C@H](O)[C@H](O)[C@H]2NC(C)=O)[C@H]1O[C@H]1O[C@H](CO)[C@H](O)[C@H](O)[C@H]1O)[C@H](O)[C@H](O)CCCCCCCCCCCC. The van der Waals surface area contributed by atoms with Gasteiger partial charge in [0.1, 0.15) is 85.4 Å². The summed E-state index contributed by atoms with van der Waals surface area (Å²) in [7, 11) is 0. The van der Waals surface area contributed by atoms with Crippen molar-refractivity contribution in [2.75, 3.05) is 26.4 Å². The first-order valence-electron chi connectivity index (χ1n) is 33.0. The maximum Gasteiger partial charge on any atom is 0.249 e. The summed E-state index contributed by atoms with van der Waals surface area (Å²) >= 11 is 0. The number of aliphatic hydroxyl groups is 12. The highest BCUT2D eigenvalue weighted by molar-refractivity contribution is 5.80. The zero-order valence-corrected chi connectivity index (χ0v) is 51.5. The Kier molecular flexibility index (Phi) is 41.4. The van der Waals surface area contributed by atoms with Gasteiger partial charge in [-0.2, -0.15) is 0 Å². The molecule has 496 valence electrons. The van der Waals surface area contributed by atoms with Crippen molar-refractivity contribution < 1.29 is 99.3 Å². The topological polar surface area (TPSA) is 356 Å². The summed E-state index contributed by atoms with van der Waals surface area (Å²) in [6, 6.07) is -3.01. The van der Waals surface area contributed by atoms with Gasteiger partial charge < -0.3 is 100 Å². The summed E-state index contributed by atoms with van der Waals surface area (Å²) < 4.78 is 36.0. The molecule has 0 radical (unpaired) electrons. The van der Waals surface area contributed by atoms with E-state index in [1.807, 2.05) is 0 Å². The standard InChI is InChI=1S/C62H118N2O20/c1-4-6-8-10-12-14-16-17-18-19-20-21-22-23-24-25-26-27-29-31-33-35-37-45(70)59(78)64-43(50(71)44(69)36-34-32-30-28-15-13-11-9-7-5-2)41-79-62-58(84-61-56(77)55(76)52(73)47(39-66)81-61)57(53(74)48(40-67)82-62)83-60-49(63-42(3)68)54(75)51(72)46(38-65)80-60/h43-58,60-62,65-67,69-77H,4-41H2,1-3H3,(H,63,68)(H,64,78)/t43-,44+,45+,46+,47+,48+,49+,50-,51-,52-,53-,54+,55-,56+,57-,58+,60+,61+,62-/m0/s1. The Morgan fingerprint density at radius 1 is 0.440 bits per heavy atom. The second-order valence-corrected chi connectivity index (χ2v) is 24.3. The fourth-order valence-electron chi connectivity index (χ4n) is 11.6. The Labute approximate surface area is 502 Å². The van der Waals surface area contributed by atoms with Crippen molar-refractivity contribution in [3.8, 4) is 0 Å². The van der Waals surface area contributed by atoms with Gasteiger partial charge in [-0.25, -0.2) is 0 Å². The van der Waals surface area contributed by atoms with Crippen molar-refractivity contribution in [3.63, 3.8) is 0 Å². The van der Waals surface area contributed by atoms with E-state index in [9.17, 15) is 70.9 Å². The molecule has 19 atom stereocenters. The Hall–Kier alpha value is -1.78. The molecule has 0 aliphatic carbocycles. The van der Waals surface area contributed by atoms with Gasteiger partial charge in [0.05, 0.1) is 38.6 Å². The maximum atomic E-state index is 13.8. The number of ether oxygens (including phenoxy) is 6. The van der Waals surface area contributed by atoms with Crippen molar-refractivity contribution in [1.82, 2.24) is 10.6 Å². The number of rotatable bonds is 49. The smallest absolute Gasteiger partial charge is 0.249 e. The lowest BCUT2D eigenvalue weighted by atomic mass is 9.95. The molecule has 3 saturated heterocycles. The van der Waals surface area contributed by atoms with E-state index in [0.717, 1.165) is 64.7 Å². The van der Waals surface area contributed by atoms with Crippen LogP contribution in [0.1, 0.15) is 239 Å². The van der Waals surface area contributed by atoms with E-state index in [1.54, 1.807) is 0 Å². The van der Waals surface area contributed by atoms with Crippen LogP contribution in [0.3, 0.4) is 0 Å². The molecule has 3 aliphatic rings. The number of aliphatic hydroxyl groups excluding tert-OH is 12. The molecule has 22 heteroatoms. The molecule has 84 heavy (non-hydrogen) atoms. The highest BCUT2D eigenvalue weighted by Gasteiger charge is 2.55. The van der Waals surface area contributed by atoms with Crippen LogP contribution in [-0.2, 0) is 38.0 Å². The molecule has 3 fully saturated rings. The molecule has 3 aliphatic heterocycles. The van der Waals surface area contributed by atoms with Crippen molar-refractivity contribution in [3.05, 3.63) is 0 Å². The van der Waals surface area contributed by atoms with Crippen LogP contribution in [0, 0.1) is 0 Å². The minimum Gasteiger partial charge on any atom is -0.394 e. The van der Waals surface area contributed by atoms with Crippen LogP contribution >= 0.6 is 0 Å². The third kappa shape index (κ3) is 28.4. The summed E-state index contributed by atoms with van der Waals surface area (Å²) in [4.78, 5) is 26.1. The number of hydrogen-bond acceptors (Lipinski definition) is 20. The van der Waals surface area contributed by atoms with Gasteiger partial charge in [-0.05, 0) is 12.8 Å². The number of hydrogen-bond donors (Lipinski definition) is 14. The molecule has 0 saturated carbocycles. The van der Waals surface area contributed by atoms with Crippen molar-refractivity contribution in [2.45, 2.75) is 355 Å². The average molecular weight is 1210 g/mol. The fourth-order valence-corrected chi connectivity index (χ4v) is 11.6. The molecular formula is C62H118N2O20. The minimum absolute atomic E-state index is 0.122. The normalized spacial score (nSPS) is 29.8. The number of nitrogens with one attached hydrogen (secondary N) is 2. The summed E-state index contributed by atoms with van der Waals surface area (Å²) in [5.41, 5.74) is 0. The molecule has 0 aromatic rings. The third-order valence-electron chi connectivity index (χ3n) is 17.0. The van der Waals surface area contributed by atoms with Crippen LogP contribution in [-0.4, -0.2) is 216 Å². The van der Waals surface area contributed by atoms with Crippen LogP contribution in [0.4, 0.5) is 0 Å². The van der Waals surface area contributed by atoms with Crippen LogP contribution in [0.15, 0.2) is 0 Å². The molecule has 0 spiro atoms. The predicted molar refractivity (Wildman–Crippen MR) is 315 cm³/mol. The van der Waals surface area contributed by atoms with Gasteiger partial charge in [-0.15, -0.1) is 0 Å². The van der Waals surface area contributed by atoms with Crippen LogP contribution in [0.25, 0.3) is 0 Å². The molecule has 22 nitrogen and oxygen atoms in total. The minimum atomic E-state index is -2.03. The lowest BCUT2D eigenvalue weighted by Crippen LogP contribution is -2.69. The molecule has 14 N–H and O–H groups in total. The third-order valence-corrected chi connectivity index (χ3v) is 17.0. The van der Waals surface area contributed by atoms with Crippen molar-refractivity contribution in [1.29, 1.82) is 0 Å². The number of unbranched alkanes of at least 4 members (excludes halogenated alkanes) is 30. The van der Waals surface area contributed by atoms with E-state index in [-0.39, 0.29) is 12.8 Å². The second-order valence-electron chi connectivity index (χ2n) is 24.3. The summed E-state index contributed by atoms with van der Waals surface area (Å²) in [5, 5.41) is 136. The molecule has 3 rings (SSSR count). The molecule has 0 unspecified atom stereocenters. The molecular weight excluding hydrogens is 1090 g/mol. The van der Waals surface area contributed by atoms with E-state index in [4.69, 9.17) is 28.4 Å². The summed E-state index contributed by atoms with van der Waals surface area (Å²) in [5.74, 6) is -1.56. The van der Waals surface area contributed by atoms with Crippen LogP contribution < -0.4 is 10.6 Å². The van der Waals surface area contributed by atoms with Gasteiger partial charge >= 0.3 is 0 Å². The first-order chi connectivity index (χ1) is 40.5. The highest BCUT2D eigenvalue weighted by Crippen LogP contribution is 2.34. The number of amides is 2. The summed E-state index contributed by atoms with van der Waals surface area (Å²) in [6.07, 6.45) is 7.98. The number of carbonyl (C=O) groups excluding carboxylic acids is 2. The van der Waals surface area contributed by atoms with Gasteiger partial charge in [-0.3, -0.25) is 9.59 Å². The van der Waals surface area contributed by atoms with Crippen molar-refractivity contribution >= 4 is 11.8 Å². The van der Waals surface area contributed by atoms with E-state index >= 15 is 0 Å². The van der Waals surface area contributed by atoms with Crippen LogP contribution in [0.2, 0.25) is 0 Å². The largest absolute Gasteiger partial charge is 0.394 e. The lowest BCUT2D eigenvalue weighted by Gasteiger charge is -2.49. The molecule has 0 aromatic heterocycles. The maximum absolute atomic E-state index is 13.8. The van der Waals surface area contributed by atoms with Gasteiger partial charge in [0.2, 0.25) is 11.8 Å². The summed E-state index contributed by atoms with van der Waals surface area (Å²) in [6.45, 7) is 2.25. The Bertz CT molecular complexity index is 1640. The zero-order chi connectivity index (χ0) is 61.7. The molecule has 0 bridgehead atoms. The Morgan fingerprint density at radius 2 is 0.810 bits per heavy atom. The lowest BCUT2D eigenvalue weighted by molar-refractivity contribution is -0.387. The second kappa shape index (κ2) is 45.5. The average Bonchev–Trinajstić information content (AvgIpc) is 1.97. The first-order valence-corrected chi connectivity index (χ1v) is 33.0. The monoisotopic (exact) mass is 1210 g/mol. The fraction of sp³-hybridized carbons (Fsp3) is 0.968. The highest BCUT2D eigenvalue weighted by atomic mass is 16.8. The van der Waals surface area contributed by atoms with Crippen molar-refractivity contribution in [2.24, 2.45) is 0 Å². The van der Waals surface area contributed by atoms with E-state index < -0.39 is 155 Å².